The number of carbonyl (C=O) groups excluding carboxylic acids is 1. The SMILES string of the molecule is CS(=O)(=O)CC[C@@H](NS(=O)(=O)c1ccccc1)C(=O)[O-]. The highest BCUT2D eigenvalue weighted by molar-refractivity contribution is 7.90. The molecule has 1 N–H and O–H groups in total. The van der Waals surface area contributed by atoms with Crippen molar-refractivity contribution in [3.8, 4) is 0 Å². The van der Waals surface area contributed by atoms with E-state index in [9.17, 15) is 26.7 Å². The second-order valence-electron chi connectivity index (χ2n) is 4.22. The highest BCUT2D eigenvalue weighted by atomic mass is 32.2. The molecule has 0 aliphatic rings. The quantitative estimate of drug-likeness (QED) is 0.654. The van der Waals surface area contributed by atoms with Crippen LogP contribution in [-0.2, 0) is 24.7 Å². The van der Waals surface area contributed by atoms with Gasteiger partial charge in [0.25, 0.3) is 0 Å². The number of aliphatic carboxylic acids is 1. The molecule has 0 radical (unpaired) electrons. The average molecular weight is 320 g/mol. The second kappa shape index (κ2) is 6.33. The van der Waals surface area contributed by atoms with Crippen LogP contribution in [0.4, 0.5) is 0 Å². The minimum Gasteiger partial charge on any atom is -0.548 e. The van der Waals surface area contributed by atoms with E-state index in [0.29, 0.717) is 0 Å². The number of sulfone groups is 1. The fourth-order valence-electron chi connectivity index (χ4n) is 1.41. The Morgan fingerprint density at radius 1 is 1.20 bits per heavy atom. The molecule has 1 aromatic rings. The van der Waals surface area contributed by atoms with Crippen LogP contribution in [0.25, 0.3) is 0 Å². The van der Waals surface area contributed by atoms with Crippen LogP contribution in [0.2, 0.25) is 0 Å². The van der Waals surface area contributed by atoms with Gasteiger partial charge in [0.05, 0.1) is 22.7 Å². The third-order valence-electron chi connectivity index (χ3n) is 2.41. The van der Waals surface area contributed by atoms with Crippen molar-refractivity contribution in [1.29, 1.82) is 0 Å². The molecule has 0 aliphatic heterocycles. The third kappa shape index (κ3) is 5.27. The summed E-state index contributed by atoms with van der Waals surface area (Å²) in [6.45, 7) is 0. The Morgan fingerprint density at radius 3 is 2.20 bits per heavy atom. The van der Waals surface area contributed by atoms with Crippen molar-refractivity contribution in [1.82, 2.24) is 4.72 Å². The number of sulfonamides is 1. The summed E-state index contributed by atoms with van der Waals surface area (Å²) < 4.78 is 47.8. The third-order valence-corrected chi connectivity index (χ3v) is 4.88. The van der Waals surface area contributed by atoms with Gasteiger partial charge in [-0.15, -0.1) is 0 Å². The van der Waals surface area contributed by atoms with Crippen LogP contribution in [0.1, 0.15) is 6.42 Å². The lowest BCUT2D eigenvalue weighted by Crippen LogP contribution is -2.48. The second-order valence-corrected chi connectivity index (χ2v) is 8.20. The van der Waals surface area contributed by atoms with Gasteiger partial charge >= 0.3 is 0 Å². The maximum Gasteiger partial charge on any atom is 0.241 e. The Balaban J connectivity index is 2.88. The van der Waals surface area contributed by atoms with E-state index in [1.807, 2.05) is 4.72 Å². The van der Waals surface area contributed by atoms with Crippen LogP contribution in [0.5, 0.6) is 0 Å². The van der Waals surface area contributed by atoms with Gasteiger partial charge < -0.3 is 9.90 Å². The molecule has 1 atom stereocenters. The van der Waals surface area contributed by atoms with Crippen LogP contribution >= 0.6 is 0 Å². The Kier molecular flexibility index (Phi) is 5.26. The summed E-state index contributed by atoms with van der Waals surface area (Å²) in [5.74, 6) is -2.13. The van der Waals surface area contributed by atoms with Gasteiger partial charge in [0.15, 0.2) is 0 Å². The Morgan fingerprint density at radius 2 is 1.75 bits per heavy atom. The first kappa shape index (κ1) is 16.6. The van der Waals surface area contributed by atoms with Gasteiger partial charge in [0.1, 0.15) is 9.84 Å². The van der Waals surface area contributed by atoms with E-state index >= 15 is 0 Å². The molecule has 0 aliphatic carbocycles. The lowest BCUT2D eigenvalue weighted by Gasteiger charge is -2.19. The molecule has 20 heavy (non-hydrogen) atoms. The summed E-state index contributed by atoms with van der Waals surface area (Å²) >= 11 is 0. The van der Waals surface area contributed by atoms with Crippen molar-refractivity contribution in [2.45, 2.75) is 17.4 Å². The van der Waals surface area contributed by atoms with Crippen molar-refractivity contribution < 1.29 is 26.7 Å². The van der Waals surface area contributed by atoms with Crippen LogP contribution < -0.4 is 9.83 Å². The van der Waals surface area contributed by atoms with Gasteiger partial charge in [-0.25, -0.2) is 21.6 Å². The molecule has 0 saturated heterocycles. The first-order valence-corrected chi connectivity index (χ1v) is 9.12. The van der Waals surface area contributed by atoms with Crippen molar-refractivity contribution in [2.75, 3.05) is 12.0 Å². The molecule has 1 rings (SSSR count). The van der Waals surface area contributed by atoms with Gasteiger partial charge in [-0.3, -0.25) is 0 Å². The molecule has 0 saturated carbocycles. The maximum absolute atomic E-state index is 11.9. The molecule has 112 valence electrons. The molecule has 0 bridgehead atoms. The van der Waals surface area contributed by atoms with E-state index in [1.54, 1.807) is 6.07 Å². The number of hydrogen-bond donors (Lipinski definition) is 1. The first-order valence-electron chi connectivity index (χ1n) is 5.58. The topological polar surface area (TPSA) is 120 Å². The number of rotatable bonds is 7. The molecule has 7 nitrogen and oxygen atoms in total. The molecule has 0 heterocycles. The smallest absolute Gasteiger partial charge is 0.241 e. The minimum atomic E-state index is -4.04. The summed E-state index contributed by atoms with van der Waals surface area (Å²) in [7, 11) is -7.44. The highest BCUT2D eigenvalue weighted by Gasteiger charge is 2.21. The fraction of sp³-hybridized carbons (Fsp3) is 0.364. The van der Waals surface area contributed by atoms with E-state index < -0.39 is 44.0 Å². The van der Waals surface area contributed by atoms with Gasteiger partial charge in [-0.1, -0.05) is 18.2 Å². The van der Waals surface area contributed by atoms with Crippen molar-refractivity contribution >= 4 is 25.8 Å². The molecule has 0 unspecified atom stereocenters. The zero-order valence-corrected chi connectivity index (χ0v) is 12.3. The summed E-state index contributed by atoms with van der Waals surface area (Å²) in [4.78, 5) is 10.8. The highest BCUT2D eigenvalue weighted by Crippen LogP contribution is 2.09. The van der Waals surface area contributed by atoms with Crippen LogP contribution in [-0.4, -0.2) is 40.9 Å². The summed E-state index contributed by atoms with van der Waals surface area (Å²) in [6, 6.07) is 5.57. The molecule has 0 spiro atoms. The molecule has 0 fully saturated rings. The lowest BCUT2D eigenvalue weighted by atomic mass is 10.2. The molecular weight excluding hydrogens is 306 g/mol. The Hall–Kier alpha value is -1.45. The van der Waals surface area contributed by atoms with Crippen molar-refractivity contribution in [2.24, 2.45) is 0 Å². The van der Waals surface area contributed by atoms with Crippen LogP contribution in [0.3, 0.4) is 0 Å². The normalized spacial score (nSPS) is 13.8. The van der Waals surface area contributed by atoms with E-state index in [0.717, 1.165) is 6.26 Å². The zero-order valence-electron chi connectivity index (χ0n) is 10.6. The lowest BCUT2D eigenvalue weighted by molar-refractivity contribution is -0.308. The largest absolute Gasteiger partial charge is 0.548 e. The standard InChI is InChI=1S/C11H15NO6S2/c1-19(15,16)8-7-10(11(13)14)12-20(17,18)9-5-3-2-4-6-9/h2-6,10,12H,7-8H2,1H3,(H,13,14)/p-1/t10-/m1/s1. The molecule has 9 heteroatoms. The van der Waals surface area contributed by atoms with Gasteiger partial charge in [0, 0.05) is 6.26 Å². The van der Waals surface area contributed by atoms with Crippen LogP contribution in [0.15, 0.2) is 35.2 Å². The van der Waals surface area contributed by atoms with Gasteiger partial charge in [-0.05, 0) is 18.6 Å². The number of hydrogen-bond acceptors (Lipinski definition) is 6. The monoisotopic (exact) mass is 320 g/mol. The van der Waals surface area contributed by atoms with Crippen LogP contribution in [0, 0.1) is 0 Å². The van der Waals surface area contributed by atoms with Crippen molar-refractivity contribution in [3.63, 3.8) is 0 Å². The number of benzene rings is 1. The molecular formula is C11H14NO6S2-. The van der Waals surface area contributed by atoms with E-state index in [1.165, 1.54) is 24.3 Å². The Bertz CT molecular complexity index is 666. The predicted octanol–water partition coefficient (Wildman–Crippen LogP) is -1.48. The van der Waals surface area contributed by atoms with E-state index in [4.69, 9.17) is 0 Å². The molecule has 0 amide bonds. The van der Waals surface area contributed by atoms with E-state index in [2.05, 4.69) is 0 Å². The predicted molar refractivity (Wildman–Crippen MR) is 69.9 cm³/mol. The van der Waals surface area contributed by atoms with Gasteiger partial charge in [0.2, 0.25) is 10.0 Å². The summed E-state index contributed by atoms with van der Waals surface area (Å²) in [5, 5.41) is 10.9. The fourth-order valence-corrected chi connectivity index (χ4v) is 3.32. The van der Waals surface area contributed by atoms with Crippen molar-refractivity contribution in [3.05, 3.63) is 30.3 Å². The Labute approximate surface area is 117 Å². The number of carboxylic acid groups (broad SMARTS) is 1. The number of nitrogens with one attached hydrogen (secondary N) is 1. The molecule has 0 aromatic heterocycles. The zero-order chi connectivity index (χ0) is 15.4. The number of carboxylic acids is 1. The molecule has 1 aromatic carbocycles. The minimum absolute atomic E-state index is 0.106. The van der Waals surface area contributed by atoms with Gasteiger partial charge in [-0.2, -0.15) is 0 Å². The number of carbonyl (C=O) groups is 1. The first-order chi connectivity index (χ1) is 9.12. The summed E-state index contributed by atoms with van der Waals surface area (Å²) in [6.07, 6.45) is 0.540. The van der Waals surface area contributed by atoms with E-state index in [-0.39, 0.29) is 4.90 Å². The average Bonchev–Trinajstić information content (AvgIpc) is 2.34. The maximum atomic E-state index is 11.9. The summed E-state index contributed by atoms with van der Waals surface area (Å²) in [5.41, 5.74) is 0.